The molecule has 0 aromatic heterocycles. The number of nitro groups is 1. The summed E-state index contributed by atoms with van der Waals surface area (Å²) in [7, 11) is 0. The van der Waals surface area contributed by atoms with Gasteiger partial charge in [-0.05, 0) is 11.6 Å². The van der Waals surface area contributed by atoms with E-state index in [0.29, 0.717) is 6.07 Å². The average Bonchev–Trinajstić information content (AvgIpc) is 2.16. The average molecular weight is 230 g/mol. The van der Waals surface area contributed by atoms with Crippen LogP contribution in [0.15, 0.2) is 18.2 Å². The SMILES string of the molecule is N#CCc1cc([N+](=O)[O-])ccc1C(F)(F)F. The third-order valence-electron chi connectivity index (χ3n) is 1.87. The van der Waals surface area contributed by atoms with Gasteiger partial charge in [0.2, 0.25) is 0 Å². The number of hydrogen-bond acceptors (Lipinski definition) is 3. The van der Waals surface area contributed by atoms with Crippen LogP contribution in [-0.2, 0) is 12.6 Å². The summed E-state index contributed by atoms with van der Waals surface area (Å²) in [5.41, 5.74) is -1.86. The third kappa shape index (κ3) is 2.48. The van der Waals surface area contributed by atoms with Gasteiger partial charge in [0.25, 0.3) is 5.69 Å². The highest BCUT2D eigenvalue weighted by Crippen LogP contribution is 2.33. The first-order valence-electron chi connectivity index (χ1n) is 4.07. The van der Waals surface area contributed by atoms with Crippen molar-refractivity contribution < 1.29 is 18.1 Å². The van der Waals surface area contributed by atoms with Gasteiger partial charge >= 0.3 is 6.18 Å². The number of rotatable bonds is 2. The molecule has 84 valence electrons. The van der Waals surface area contributed by atoms with Gasteiger partial charge in [-0.2, -0.15) is 18.4 Å². The molecule has 1 aromatic rings. The standard InChI is InChI=1S/C9H5F3N2O2/c10-9(11,12)8-2-1-7(14(15)16)5-6(8)3-4-13/h1-2,5H,3H2. The van der Waals surface area contributed by atoms with Crippen LogP contribution >= 0.6 is 0 Å². The molecule has 0 amide bonds. The van der Waals surface area contributed by atoms with E-state index in [9.17, 15) is 23.3 Å². The maximum Gasteiger partial charge on any atom is 0.416 e. The van der Waals surface area contributed by atoms with E-state index in [2.05, 4.69) is 0 Å². The summed E-state index contributed by atoms with van der Waals surface area (Å²) in [6.45, 7) is 0. The molecule has 0 bridgehead atoms. The molecular weight excluding hydrogens is 225 g/mol. The van der Waals surface area contributed by atoms with Gasteiger partial charge < -0.3 is 0 Å². The summed E-state index contributed by atoms with van der Waals surface area (Å²) >= 11 is 0. The van der Waals surface area contributed by atoms with Crippen molar-refractivity contribution in [2.24, 2.45) is 0 Å². The van der Waals surface area contributed by atoms with Crippen LogP contribution in [0, 0.1) is 21.4 Å². The van der Waals surface area contributed by atoms with Crippen LogP contribution in [0.2, 0.25) is 0 Å². The van der Waals surface area contributed by atoms with Crippen molar-refractivity contribution in [1.29, 1.82) is 5.26 Å². The number of non-ortho nitro benzene ring substituents is 1. The molecular formula is C9H5F3N2O2. The van der Waals surface area contributed by atoms with Gasteiger partial charge in [0.15, 0.2) is 0 Å². The minimum Gasteiger partial charge on any atom is -0.258 e. The zero-order chi connectivity index (χ0) is 12.3. The van der Waals surface area contributed by atoms with Gasteiger partial charge in [0, 0.05) is 12.1 Å². The lowest BCUT2D eigenvalue weighted by Gasteiger charge is -2.10. The summed E-state index contributed by atoms with van der Waals surface area (Å²) in [5, 5.41) is 18.7. The Morgan fingerprint density at radius 1 is 1.44 bits per heavy atom. The van der Waals surface area contributed by atoms with Crippen LogP contribution in [0.3, 0.4) is 0 Å². The van der Waals surface area contributed by atoms with Gasteiger partial charge in [-0.3, -0.25) is 10.1 Å². The zero-order valence-corrected chi connectivity index (χ0v) is 7.78. The number of alkyl halides is 3. The minimum atomic E-state index is -4.61. The van der Waals surface area contributed by atoms with Gasteiger partial charge in [-0.1, -0.05) is 0 Å². The molecule has 0 heterocycles. The first-order chi connectivity index (χ1) is 7.36. The first kappa shape index (κ1) is 12.0. The largest absolute Gasteiger partial charge is 0.416 e. The van der Waals surface area contributed by atoms with Crippen LogP contribution < -0.4 is 0 Å². The van der Waals surface area contributed by atoms with Crippen molar-refractivity contribution in [3.63, 3.8) is 0 Å². The normalized spacial score (nSPS) is 10.9. The van der Waals surface area contributed by atoms with Crippen LogP contribution in [0.1, 0.15) is 11.1 Å². The quantitative estimate of drug-likeness (QED) is 0.579. The smallest absolute Gasteiger partial charge is 0.258 e. The Hall–Kier alpha value is -2.10. The predicted molar refractivity (Wildman–Crippen MR) is 47.4 cm³/mol. The Bertz CT molecular complexity index is 463. The Balaban J connectivity index is 3.31. The fourth-order valence-corrected chi connectivity index (χ4v) is 1.20. The molecule has 1 rings (SSSR count). The highest BCUT2D eigenvalue weighted by Gasteiger charge is 2.33. The van der Waals surface area contributed by atoms with E-state index in [-0.39, 0.29) is 5.56 Å². The van der Waals surface area contributed by atoms with Gasteiger partial charge in [-0.15, -0.1) is 0 Å². The van der Waals surface area contributed by atoms with E-state index in [1.54, 1.807) is 6.07 Å². The number of benzene rings is 1. The molecule has 0 saturated carbocycles. The molecule has 0 atom stereocenters. The maximum absolute atomic E-state index is 12.4. The highest BCUT2D eigenvalue weighted by molar-refractivity contribution is 5.42. The van der Waals surface area contributed by atoms with E-state index in [0.717, 1.165) is 12.1 Å². The molecule has 0 aliphatic rings. The van der Waals surface area contributed by atoms with Crippen LogP contribution in [0.5, 0.6) is 0 Å². The number of nitriles is 1. The molecule has 0 aliphatic heterocycles. The Labute approximate surface area is 88.1 Å². The Morgan fingerprint density at radius 3 is 2.50 bits per heavy atom. The molecule has 16 heavy (non-hydrogen) atoms. The van der Waals surface area contributed by atoms with E-state index in [1.807, 2.05) is 0 Å². The summed E-state index contributed by atoms with van der Waals surface area (Å²) in [6, 6.07) is 3.69. The third-order valence-corrected chi connectivity index (χ3v) is 1.87. The lowest BCUT2D eigenvalue weighted by atomic mass is 10.0. The van der Waals surface area contributed by atoms with Crippen LogP contribution in [0.25, 0.3) is 0 Å². The van der Waals surface area contributed by atoms with Crippen molar-refractivity contribution in [3.05, 3.63) is 39.4 Å². The predicted octanol–water partition coefficient (Wildman–Crippen LogP) is 2.68. The van der Waals surface area contributed by atoms with Gasteiger partial charge in [0.1, 0.15) is 0 Å². The van der Waals surface area contributed by atoms with E-state index in [4.69, 9.17) is 5.26 Å². The second kappa shape index (κ2) is 4.18. The first-order valence-corrected chi connectivity index (χ1v) is 4.07. The van der Waals surface area contributed by atoms with Crippen molar-refractivity contribution >= 4 is 5.69 Å². The summed E-state index contributed by atoms with van der Waals surface area (Å²) in [5.74, 6) is 0. The van der Waals surface area contributed by atoms with Gasteiger partial charge in [-0.25, -0.2) is 0 Å². The van der Waals surface area contributed by atoms with Crippen LogP contribution in [-0.4, -0.2) is 4.92 Å². The molecule has 0 spiro atoms. The number of nitro benzene ring substituents is 1. The molecule has 0 N–H and O–H groups in total. The molecule has 0 saturated heterocycles. The monoisotopic (exact) mass is 230 g/mol. The lowest BCUT2D eigenvalue weighted by molar-refractivity contribution is -0.385. The fraction of sp³-hybridized carbons (Fsp3) is 0.222. The van der Waals surface area contributed by atoms with E-state index in [1.165, 1.54) is 0 Å². The molecule has 7 heteroatoms. The maximum atomic E-state index is 12.4. The number of halogens is 3. The molecule has 0 aliphatic carbocycles. The number of hydrogen-bond donors (Lipinski definition) is 0. The molecule has 0 unspecified atom stereocenters. The minimum absolute atomic E-state index is 0.385. The molecule has 1 aromatic carbocycles. The van der Waals surface area contributed by atoms with Crippen LogP contribution in [0.4, 0.5) is 18.9 Å². The molecule has 0 radical (unpaired) electrons. The van der Waals surface area contributed by atoms with Crippen molar-refractivity contribution in [1.82, 2.24) is 0 Å². The van der Waals surface area contributed by atoms with Crippen molar-refractivity contribution in [3.8, 4) is 6.07 Å². The second-order valence-electron chi connectivity index (χ2n) is 2.93. The topological polar surface area (TPSA) is 66.9 Å². The Morgan fingerprint density at radius 2 is 2.06 bits per heavy atom. The molecule has 0 fully saturated rings. The van der Waals surface area contributed by atoms with E-state index >= 15 is 0 Å². The lowest BCUT2D eigenvalue weighted by Crippen LogP contribution is -2.09. The highest BCUT2D eigenvalue weighted by atomic mass is 19.4. The second-order valence-corrected chi connectivity index (χ2v) is 2.93. The summed E-state index contributed by atoms with van der Waals surface area (Å²) in [4.78, 5) is 9.56. The van der Waals surface area contributed by atoms with E-state index < -0.39 is 28.8 Å². The van der Waals surface area contributed by atoms with Crippen molar-refractivity contribution in [2.75, 3.05) is 0 Å². The van der Waals surface area contributed by atoms with Crippen molar-refractivity contribution in [2.45, 2.75) is 12.6 Å². The summed E-state index contributed by atoms with van der Waals surface area (Å²) in [6.07, 6.45) is -5.13. The number of nitrogens with zero attached hydrogens (tertiary/aromatic N) is 2. The zero-order valence-electron chi connectivity index (χ0n) is 7.78. The molecule has 4 nitrogen and oxygen atoms in total. The van der Waals surface area contributed by atoms with Gasteiger partial charge in [0.05, 0.1) is 23.0 Å². The fourth-order valence-electron chi connectivity index (χ4n) is 1.20. The summed E-state index contributed by atoms with van der Waals surface area (Å²) < 4.78 is 37.3. The Kier molecular flexibility index (Phi) is 3.13.